The maximum atomic E-state index is 12.2. The number of nitrogens with one attached hydrogen (secondary N) is 3. The molecule has 0 spiro atoms. The van der Waals surface area contributed by atoms with E-state index in [4.69, 9.17) is 17.0 Å². The Balaban J connectivity index is 1.72. The van der Waals surface area contributed by atoms with E-state index in [1.54, 1.807) is 24.3 Å². The summed E-state index contributed by atoms with van der Waals surface area (Å²) in [6.45, 7) is 4.79. The maximum absolute atomic E-state index is 12.2. The highest BCUT2D eigenvalue weighted by Gasteiger charge is 2.10. The van der Waals surface area contributed by atoms with Crippen LogP contribution < -0.4 is 20.9 Å². The molecule has 7 heteroatoms. The van der Waals surface area contributed by atoms with Crippen LogP contribution in [0.15, 0.2) is 48.5 Å². The minimum absolute atomic E-state index is 0.0361. The van der Waals surface area contributed by atoms with E-state index in [1.165, 1.54) is 12.8 Å². The number of rotatable bonds is 9. The number of ether oxygens (including phenoxy) is 1. The molecule has 0 atom stereocenters. The molecule has 0 aromatic heterocycles. The molecule has 0 saturated heterocycles. The number of aryl methyl sites for hydroxylation is 1. The first kappa shape index (κ1) is 23.3. The third kappa shape index (κ3) is 8.21. The summed E-state index contributed by atoms with van der Waals surface area (Å²) in [5, 5.41) is 2.59. The smallest absolute Gasteiger partial charge is 0.269 e. The second kappa shape index (κ2) is 12.6. The first-order valence-corrected chi connectivity index (χ1v) is 10.6. The van der Waals surface area contributed by atoms with E-state index in [0.29, 0.717) is 12.2 Å². The Bertz CT molecular complexity index is 853. The van der Waals surface area contributed by atoms with Crippen molar-refractivity contribution in [2.24, 2.45) is 0 Å². The molecule has 0 bridgehead atoms. The Kier molecular flexibility index (Phi) is 9.80. The molecule has 0 fully saturated rings. The van der Waals surface area contributed by atoms with Crippen LogP contribution in [0, 0.1) is 6.92 Å². The molecule has 3 N–H and O–H groups in total. The van der Waals surface area contributed by atoms with Gasteiger partial charge in [-0.15, -0.1) is 0 Å². The van der Waals surface area contributed by atoms with E-state index in [0.717, 1.165) is 29.7 Å². The number of carbonyl (C=O) groups is 2. The lowest BCUT2D eigenvalue weighted by molar-refractivity contribution is -0.119. The number of hydrazine groups is 1. The van der Waals surface area contributed by atoms with Crippen molar-refractivity contribution in [3.8, 4) is 5.75 Å². The molecule has 0 aliphatic rings. The summed E-state index contributed by atoms with van der Waals surface area (Å²) >= 11 is 5.07. The summed E-state index contributed by atoms with van der Waals surface area (Å²) in [4.78, 5) is 24.3. The lowest BCUT2D eigenvalue weighted by atomic mass is 10.1. The normalized spacial score (nSPS) is 10.2. The Labute approximate surface area is 183 Å². The maximum Gasteiger partial charge on any atom is 0.269 e. The number of amides is 2. The van der Waals surface area contributed by atoms with Crippen molar-refractivity contribution in [2.75, 3.05) is 6.61 Å². The number of thiocarbonyl (C=S) groups is 1. The lowest BCUT2D eigenvalue weighted by Crippen LogP contribution is -2.48. The summed E-state index contributed by atoms with van der Waals surface area (Å²) in [5.41, 5.74) is 7.44. The third-order valence-corrected chi connectivity index (χ3v) is 4.74. The predicted octanol–water partition coefficient (Wildman–Crippen LogP) is 3.83. The molecule has 0 radical (unpaired) electrons. The SMILES string of the molecule is CCCCCCOc1ccc(C(=O)NNC(=S)NC(=O)Cc2ccccc2C)cc1. The monoisotopic (exact) mass is 427 g/mol. The molecule has 0 saturated carbocycles. The van der Waals surface area contributed by atoms with Crippen molar-refractivity contribution in [1.82, 2.24) is 16.2 Å². The van der Waals surface area contributed by atoms with Crippen LogP contribution in [-0.4, -0.2) is 23.5 Å². The van der Waals surface area contributed by atoms with Gasteiger partial charge in [-0.1, -0.05) is 50.5 Å². The Morgan fingerprint density at radius 3 is 2.40 bits per heavy atom. The van der Waals surface area contributed by atoms with Gasteiger partial charge in [-0.2, -0.15) is 0 Å². The summed E-state index contributed by atoms with van der Waals surface area (Å²) in [6, 6.07) is 14.5. The van der Waals surface area contributed by atoms with E-state index >= 15 is 0 Å². The van der Waals surface area contributed by atoms with Gasteiger partial charge in [-0.05, 0) is 61.0 Å². The molecule has 160 valence electrons. The van der Waals surface area contributed by atoms with Crippen molar-refractivity contribution >= 4 is 29.1 Å². The van der Waals surface area contributed by atoms with Crippen LogP contribution in [0.3, 0.4) is 0 Å². The molecule has 0 aliphatic carbocycles. The number of benzene rings is 2. The minimum Gasteiger partial charge on any atom is -0.494 e. The van der Waals surface area contributed by atoms with Gasteiger partial charge in [0.05, 0.1) is 13.0 Å². The molecule has 2 amide bonds. The van der Waals surface area contributed by atoms with Crippen LogP contribution in [-0.2, 0) is 11.2 Å². The number of carbonyl (C=O) groups excluding carboxylic acids is 2. The van der Waals surface area contributed by atoms with Crippen molar-refractivity contribution in [2.45, 2.75) is 46.0 Å². The fourth-order valence-corrected chi connectivity index (χ4v) is 2.96. The summed E-state index contributed by atoms with van der Waals surface area (Å²) < 4.78 is 5.67. The zero-order chi connectivity index (χ0) is 21.8. The Morgan fingerprint density at radius 1 is 0.967 bits per heavy atom. The highest BCUT2D eigenvalue weighted by Crippen LogP contribution is 2.13. The molecule has 0 unspecified atom stereocenters. The van der Waals surface area contributed by atoms with E-state index in [1.807, 2.05) is 31.2 Å². The zero-order valence-corrected chi connectivity index (χ0v) is 18.3. The van der Waals surface area contributed by atoms with Gasteiger partial charge in [0.15, 0.2) is 5.11 Å². The highest BCUT2D eigenvalue weighted by molar-refractivity contribution is 7.80. The minimum atomic E-state index is -0.361. The number of hydrogen-bond donors (Lipinski definition) is 3. The van der Waals surface area contributed by atoms with Crippen LogP contribution in [0.2, 0.25) is 0 Å². The van der Waals surface area contributed by atoms with Crippen molar-refractivity contribution in [1.29, 1.82) is 0 Å². The summed E-state index contributed by atoms with van der Waals surface area (Å²) in [6.07, 6.45) is 4.79. The quantitative estimate of drug-likeness (QED) is 0.322. The van der Waals surface area contributed by atoms with Crippen LogP contribution >= 0.6 is 12.2 Å². The molecule has 30 heavy (non-hydrogen) atoms. The van der Waals surface area contributed by atoms with Gasteiger partial charge in [0.2, 0.25) is 5.91 Å². The zero-order valence-electron chi connectivity index (χ0n) is 17.5. The van der Waals surface area contributed by atoms with Gasteiger partial charge in [0.1, 0.15) is 5.75 Å². The number of hydrogen-bond acceptors (Lipinski definition) is 4. The lowest BCUT2D eigenvalue weighted by Gasteiger charge is -2.12. The fraction of sp³-hybridized carbons (Fsp3) is 0.348. The van der Waals surface area contributed by atoms with Gasteiger partial charge in [-0.3, -0.25) is 20.4 Å². The molecule has 2 rings (SSSR count). The van der Waals surface area contributed by atoms with Crippen molar-refractivity contribution in [3.63, 3.8) is 0 Å². The standard InChI is InChI=1S/C23H29N3O3S/c1-3-4-5-8-15-29-20-13-11-18(12-14-20)22(28)25-26-23(30)24-21(27)16-19-10-7-6-9-17(19)2/h6-7,9-14H,3-5,8,15-16H2,1-2H3,(H,25,28)(H2,24,26,27,30). The van der Waals surface area contributed by atoms with Crippen LogP contribution in [0.1, 0.15) is 54.1 Å². The molecular weight excluding hydrogens is 398 g/mol. The molecule has 6 nitrogen and oxygen atoms in total. The molecule has 0 heterocycles. The Morgan fingerprint density at radius 2 is 1.70 bits per heavy atom. The average Bonchev–Trinajstić information content (AvgIpc) is 2.74. The first-order valence-electron chi connectivity index (χ1n) is 10.2. The topological polar surface area (TPSA) is 79.5 Å². The molecular formula is C23H29N3O3S. The van der Waals surface area contributed by atoms with Crippen LogP contribution in [0.4, 0.5) is 0 Å². The largest absolute Gasteiger partial charge is 0.494 e. The summed E-state index contributed by atoms with van der Waals surface area (Å²) in [5.74, 6) is 0.117. The number of unbranched alkanes of at least 4 members (excludes halogenated alkanes) is 3. The van der Waals surface area contributed by atoms with Crippen LogP contribution in [0.5, 0.6) is 5.75 Å². The fourth-order valence-electron chi connectivity index (χ4n) is 2.79. The van der Waals surface area contributed by atoms with Gasteiger partial charge in [-0.25, -0.2) is 0 Å². The van der Waals surface area contributed by atoms with Gasteiger partial charge >= 0.3 is 0 Å². The second-order valence-corrected chi connectivity index (χ2v) is 7.40. The van der Waals surface area contributed by atoms with Gasteiger partial charge in [0, 0.05) is 5.56 Å². The second-order valence-electron chi connectivity index (χ2n) is 6.99. The first-order chi connectivity index (χ1) is 14.5. The van der Waals surface area contributed by atoms with E-state index in [9.17, 15) is 9.59 Å². The van der Waals surface area contributed by atoms with Crippen molar-refractivity contribution < 1.29 is 14.3 Å². The third-order valence-electron chi connectivity index (χ3n) is 4.54. The summed E-state index contributed by atoms with van der Waals surface area (Å²) in [7, 11) is 0. The molecule has 2 aromatic carbocycles. The van der Waals surface area contributed by atoms with E-state index in [-0.39, 0.29) is 23.3 Å². The van der Waals surface area contributed by atoms with Crippen LogP contribution in [0.25, 0.3) is 0 Å². The van der Waals surface area contributed by atoms with E-state index < -0.39 is 0 Å². The molecule has 0 aliphatic heterocycles. The average molecular weight is 428 g/mol. The van der Waals surface area contributed by atoms with Crippen molar-refractivity contribution in [3.05, 3.63) is 65.2 Å². The van der Waals surface area contributed by atoms with Gasteiger partial charge in [0.25, 0.3) is 5.91 Å². The molecule has 2 aromatic rings. The predicted molar refractivity (Wildman–Crippen MR) is 122 cm³/mol. The Hall–Kier alpha value is -2.93. The highest BCUT2D eigenvalue weighted by atomic mass is 32.1. The van der Waals surface area contributed by atoms with Gasteiger partial charge < -0.3 is 10.1 Å². The van der Waals surface area contributed by atoms with E-state index in [2.05, 4.69) is 23.1 Å².